The normalized spacial score (nSPS) is 14.5. The molecule has 2 nitrogen and oxygen atoms in total. The van der Waals surface area contributed by atoms with Crippen molar-refractivity contribution in [1.82, 2.24) is 0 Å². The smallest absolute Gasteiger partial charge is 0.369 e. The Morgan fingerprint density at radius 1 is 0.952 bits per heavy atom. The van der Waals surface area contributed by atoms with Gasteiger partial charge in [0, 0.05) is 0 Å². The van der Waals surface area contributed by atoms with Crippen LogP contribution in [0.2, 0.25) is 0 Å². The minimum absolute atomic E-state index is 0.142. The van der Waals surface area contributed by atoms with Gasteiger partial charge in [-0.05, 0) is 23.6 Å². The standard InChI is InChI=1S/C16H14F3NO/c1-15(14(20)21,16(17,18)19)13-10-6-5-9-12(13)11-7-3-2-4-8-11/h2-10H,1H3,(H2,20,21). The highest BCUT2D eigenvalue weighted by Gasteiger charge is 2.57. The van der Waals surface area contributed by atoms with Gasteiger partial charge in [0.05, 0.1) is 0 Å². The Kier molecular flexibility index (Phi) is 3.77. The molecule has 5 heteroatoms. The molecule has 0 fully saturated rings. The summed E-state index contributed by atoms with van der Waals surface area (Å²) in [6, 6.07) is 14.5. The second-order valence-corrected chi connectivity index (χ2v) is 4.90. The fraction of sp³-hybridized carbons (Fsp3) is 0.188. The van der Waals surface area contributed by atoms with Gasteiger partial charge in [0.2, 0.25) is 5.91 Å². The van der Waals surface area contributed by atoms with Crippen LogP contribution in [0.15, 0.2) is 54.6 Å². The summed E-state index contributed by atoms with van der Waals surface area (Å²) in [6.07, 6.45) is -4.77. The summed E-state index contributed by atoms with van der Waals surface area (Å²) < 4.78 is 40.3. The molecule has 0 radical (unpaired) electrons. The minimum atomic E-state index is -4.77. The molecule has 1 unspecified atom stereocenters. The Balaban J connectivity index is 2.72. The number of nitrogens with two attached hydrogens (primary N) is 1. The van der Waals surface area contributed by atoms with Gasteiger partial charge in [-0.1, -0.05) is 54.6 Å². The minimum Gasteiger partial charge on any atom is -0.369 e. The number of hydrogen-bond donors (Lipinski definition) is 1. The largest absolute Gasteiger partial charge is 0.406 e. The summed E-state index contributed by atoms with van der Waals surface area (Å²) in [5.74, 6) is -1.42. The van der Waals surface area contributed by atoms with Crippen LogP contribution in [-0.4, -0.2) is 12.1 Å². The van der Waals surface area contributed by atoms with Gasteiger partial charge in [-0.25, -0.2) is 0 Å². The van der Waals surface area contributed by atoms with Gasteiger partial charge in [-0.15, -0.1) is 0 Å². The van der Waals surface area contributed by atoms with E-state index in [1.807, 2.05) is 0 Å². The maximum absolute atomic E-state index is 13.4. The van der Waals surface area contributed by atoms with Gasteiger partial charge in [0.15, 0.2) is 5.41 Å². The van der Waals surface area contributed by atoms with E-state index in [4.69, 9.17) is 5.73 Å². The van der Waals surface area contributed by atoms with Crippen LogP contribution >= 0.6 is 0 Å². The zero-order valence-corrected chi connectivity index (χ0v) is 11.3. The Morgan fingerprint density at radius 2 is 1.48 bits per heavy atom. The Labute approximate surface area is 120 Å². The average molecular weight is 293 g/mol. The number of hydrogen-bond acceptors (Lipinski definition) is 1. The first kappa shape index (κ1) is 15.1. The second kappa shape index (κ2) is 5.24. The van der Waals surface area contributed by atoms with Crippen LogP contribution in [0, 0.1) is 0 Å². The molecule has 0 bridgehead atoms. The molecule has 110 valence electrons. The quantitative estimate of drug-likeness (QED) is 0.922. The van der Waals surface area contributed by atoms with Crippen LogP contribution < -0.4 is 5.73 Å². The van der Waals surface area contributed by atoms with Gasteiger partial charge in [0.1, 0.15) is 0 Å². The van der Waals surface area contributed by atoms with Crippen molar-refractivity contribution in [2.24, 2.45) is 5.73 Å². The maximum atomic E-state index is 13.4. The van der Waals surface area contributed by atoms with Gasteiger partial charge in [-0.3, -0.25) is 4.79 Å². The number of rotatable bonds is 3. The summed E-state index contributed by atoms with van der Waals surface area (Å²) in [5, 5.41) is 0. The first-order valence-corrected chi connectivity index (χ1v) is 6.30. The van der Waals surface area contributed by atoms with Crippen LogP contribution in [0.1, 0.15) is 12.5 Å². The molecule has 2 aromatic rings. The Hall–Kier alpha value is -2.30. The summed E-state index contributed by atoms with van der Waals surface area (Å²) in [5.41, 5.74) is 3.14. The van der Waals surface area contributed by atoms with Crippen LogP contribution in [0.4, 0.5) is 13.2 Å². The second-order valence-electron chi connectivity index (χ2n) is 4.90. The van der Waals surface area contributed by atoms with Gasteiger partial charge < -0.3 is 5.73 Å². The van der Waals surface area contributed by atoms with Crippen molar-refractivity contribution in [2.45, 2.75) is 18.5 Å². The number of alkyl halides is 3. The Bertz CT molecular complexity index is 652. The molecule has 21 heavy (non-hydrogen) atoms. The summed E-state index contributed by atoms with van der Waals surface area (Å²) in [6.45, 7) is 0.817. The van der Waals surface area contributed by atoms with E-state index in [1.54, 1.807) is 42.5 Å². The molecule has 0 aliphatic heterocycles. The molecule has 0 aromatic heterocycles. The van der Waals surface area contributed by atoms with Crippen LogP contribution in [0.5, 0.6) is 0 Å². The highest BCUT2D eigenvalue weighted by Crippen LogP contribution is 2.44. The highest BCUT2D eigenvalue weighted by atomic mass is 19.4. The molecular weight excluding hydrogens is 279 g/mol. The molecule has 0 aliphatic rings. The van der Waals surface area contributed by atoms with E-state index in [2.05, 4.69) is 0 Å². The summed E-state index contributed by atoms with van der Waals surface area (Å²) in [7, 11) is 0. The van der Waals surface area contributed by atoms with Crippen LogP contribution in [-0.2, 0) is 10.2 Å². The van der Waals surface area contributed by atoms with Crippen molar-refractivity contribution in [3.8, 4) is 11.1 Å². The number of benzene rings is 2. The van der Waals surface area contributed by atoms with E-state index in [1.165, 1.54) is 12.1 Å². The third kappa shape index (κ3) is 2.51. The molecule has 1 atom stereocenters. The lowest BCUT2D eigenvalue weighted by atomic mass is 9.77. The SMILES string of the molecule is CC(C(N)=O)(c1ccccc1-c1ccccc1)C(F)(F)F. The number of carbonyl (C=O) groups excluding carboxylic acids is 1. The summed E-state index contributed by atoms with van der Waals surface area (Å²) in [4.78, 5) is 11.6. The van der Waals surface area contributed by atoms with E-state index in [0.717, 1.165) is 6.92 Å². The lowest BCUT2D eigenvalue weighted by molar-refractivity contribution is -0.189. The zero-order chi connectivity index (χ0) is 15.7. The zero-order valence-electron chi connectivity index (χ0n) is 11.3. The van der Waals surface area contributed by atoms with Gasteiger partial charge in [-0.2, -0.15) is 13.2 Å². The monoisotopic (exact) mass is 293 g/mol. The van der Waals surface area contributed by atoms with Gasteiger partial charge in [0.25, 0.3) is 0 Å². The molecule has 0 aliphatic carbocycles. The number of carbonyl (C=O) groups is 1. The lowest BCUT2D eigenvalue weighted by Gasteiger charge is -2.31. The van der Waals surface area contributed by atoms with Crippen LogP contribution in [0.25, 0.3) is 11.1 Å². The molecular formula is C16H14F3NO. The lowest BCUT2D eigenvalue weighted by Crippen LogP contribution is -2.50. The van der Waals surface area contributed by atoms with Gasteiger partial charge >= 0.3 is 6.18 Å². The van der Waals surface area contributed by atoms with Crippen molar-refractivity contribution in [1.29, 1.82) is 0 Å². The third-order valence-electron chi connectivity index (χ3n) is 3.61. The fourth-order valence-electron chi connectivity index (χ4n) is 2.21. The van der Waals surface area contributed by atoms with Crippen LogP contribution in [0.3, 0.4) is 0 Å². The van der Waals surface area contributed by atoms with Crippen molar-refractivity contribution < 1.29 is 18.0 Å². The van der Waals surface area contributed by atoms with Crippen molar-refractivity contribution >= 4 is 5.91 Å². The highest BCUT2D eigenvalue weighted by molar-refractivity contribution is 5.90. The Morgan fingerprint density at radius 3 is 2.00 bits per heavy atom. The predicted octanol–water partition coefficient (Wildman–Crippen LogP) is 3.66. The molecule has 0 saturated carbocycles. The topological polar surface area (TPSA) is 43.1 Å². The number of amides is 1. The first-order valence-electron chi connectivity index (χ1n) is 6.30. The third-order valence-corrected chi connectivity index (χ3v) is 3.61. The molecule has 1 amide bonds. The molecule has 2 aromatic carbocycles. The number of halogens is 3. The molecule has 0 saturated heterocycles. The van der Waals surface area contributed by atoms with Crippen molar-refractivity contribution in [2.75, 3.05) is 0 Å². The number of primary amides is 1. The molecule has 0 spiro atoms. The fourth-order valence-corrected chi connectivity index (χ4v) is 2.21. The van der Waals surface area contributed by atoms with E-state index < -0.39 is 17.5 Å². The van der Waals surface area contributed by atoms with E-state index in [-0.39, 0.29) is 5.56 Å². The maximum Gasteiger partial charge on any atom is 0.406 e. The van der Waals surface area contributed by atoms with E-state index >= 15 is 0 Å². The molecule has 2 N–H and O–H groups in total. The predicted molar refractivity (Wildman–Crippen MR) is 74.5 cm³/mol. The van der Waals surface area contributed by atoms with Crippen molar-refractivity contribution in [3.05, 3.63) is 60.2 Å². The first-order chi connectivity index (χ1) is 9.78. The summed E-state index contributed by atoms with van der Waals surface area (Å²) >= 11 is 0. The van der Waals surface area contributed by atoms with E-state index in [0.29, 0.717) is 11.1 Å². The van der Waals surface area contributed by atoms with Crippen molar-refractivity contribution in [3.63, 3.8) is 0 Å². The molecule has 0 heterocycles. The van der Waals surface area contributed by atoms with E-state index in [9.17, 15) is 18.0 Å². The molecule has 2 rings (SSSR count). The average Bonchev–Trinajstić information content (AvgIpc) is 2.46.